The van der Waals surface area contributed by atoms with Crippen molar-refractivity contribution in [3.63, 3.8) is 0 Å². The number of hydrogen-bond acceptors (Lipinski definition) is 4. The number of carbonyl (C=O) groups excluding carboxylic acids is 1. The Morgan fingerprint density at radius 1 is 1.11 bits per heavy atom. The Labute approximate surface area is 163 Å². The zero-order valence-electron chi connectivity index (χ0n) is 17.0. The number of piperidine rings is 1. The van der Waals surface area contributed by atoms with Crippen molar-refractivity contribution in [1.29, 1.82) is 0 Å². The molecule has 2 saturated heterocycles. The third kappa shape index (κ3) is 5.16. The predicted molar refractivity (Wildman–Crippen MR) is 107 cm³/mol. The quantitative estimate of drug-likeness (QED) is 0.673. The summed E-state index contributed by atoms with van der Waals surface area (Å²) in [5.74, 6) is 1.33. The fraction of sp³-hybridized carbons (Fsp3) is 0.682. The first-order valence-corrected chi connectivity index (χ1v) is 10.4. The Morgan fingerprint density at radius 2 is 1.81 bits per heavy atom. The van der Waals surface area contributed by atoms with Crippen molar-refractivity contribution in [1.82, 2.24) is 9.80 Å². The second-order valence-corrected chi connectivity index (χ2v) is 8.22. The molecule has 2 fully saturated rings. The molecule has 0 bridgehead atoms. The van der Waals surface area contributed by atoms with Crippen molar-refractivity contribution in [3.05, 3.63) is 29.8 Å². The maximum atomic E-state index is 12.6. The van der Waals surface area contributed by atoms with Gasteiger partial charge in [-0.15, -0.1) is 0 Å². The predicted octanol–water partition coefficient (Wildman–Crippen LogP) is 4.48. The van der Waals surface area contributed by atoms with Crippen molar-refractivity contribution in [2.24, 2.45) is 5.92 Å². The number of likely N-dealkylation sites (tertiary alicyclic amines) is 1. The largest absolute Gasteiger partial charge is 0.497 e. The van der Waals surface area contributed by atoms with Crippen LogP contribution in [-0.4, -0.2) is 55.2 Å². The second kappa shape index (κ2) is 9.45. The molecule has 0 aliphatic carbocycles. The summed E-state index contributed by atoms with van der Waals surface area (Å²) in [6.45, 7) is 8.67. The standard InChI is InChI=1S/C22H34N2O3/c1-17(2)16-20-21(18-8-10-19(26-3)11-9-18)27-22(25)24(20)15-7-14-23-12-5-4-6-13-23/h8-11,17,20-21H,4-7,12-16H2,1-3H3. The Bertz CT molecular complexity index is 596. The molecule has 0 radical (unpaired) electrons. The third-order valence-electron chi connectivity index (χ3n) is 5.69. The maximum Gasteiger partial charge on any atom is 0.410 e. The van der Waals surface area contributed by atoms with Crippen LogP contribution in [0.15, 0.2) is 24.3 Å². The summed E-state index contributed by atoms with van der Waals surface area (Å²) in [5, 5.41) is 0. The highest BCUT2D eigenvalue weighted by molar-refractivity contribution is 5.71. The summed E-state index contributed by atoms with van der Waals surface area (Å²) < 4.78 is 11.1. The molecule has 1 aromatic carbocycles. The van der Waals surface area contributed by atoms with Crippen molar-refractivity contribution >= 4 is 6.09 Å². The van der Waals surface area contributed by atoms with E-state index in [-0.39, 0.29) is 18.2 Å². The monoisotopic (exact) mass is 374 g/mol. The van der Waals surface area contributed by atoms with Crippen LogP contribution in [0.25, 0.3) is 0 Å². The van der Waals surface area contributed by atoms with Gasteiger partial charge in [-0.2, -0.15) is 0 Å². The molecule has 0 aromatic heterocycles. The Balaban J connectivity index is 1.65. The number of methoxy groups -OCH3 is 1. The Kier molecular flexibility index (Phi) is 7.00. The highest BCUT2D eigenvalue weighted by Crippen LogP contribution is 2.36. The van der Waals surface area contributed by atoms with Gasteiger partial charge in [0.05, 0.1) is 13.2 Å². The minimum atomic E-state index is -0.194. The summed E-state index contributed by atoms with van der Waals surface area (Å²) >= 11 is 0. The van der Waals surface area contributed by atoms with Gasteiger partial charge in [0.25, 0.3) is 0 Å². The number of rotatable bonds is 8. The van der Waals surface area contributed by atoms with Gasteiger partial charge in [0, 0.05) is 6.54 Å². The van der Waals surface area contributed by atoms with E-state index in [1.54, 1.807) is 7.11 Å². The van der Waals surface area contributed by atoms with Gasteiger partial charge in [-0.05, 0) is 68.9 Å². The zero-order chi connectivity index (χ0) is 19.2. The third-order valence-corrected chi connectivity index (χ3v) is 5.69. The highest BCUT2D eigenvalue weighted by atomic mass is 16.6. The van der Waals surface area contributed by atoms with Crippen LogP contribution >= 0.6 is 0 Å². The average molecular weight is 375 g/mol. The molecular formula is C22H34N2O3. The lowest BCUT2D eigenvalue weighted by Gasteiger charge is -2.29. The first-order chi connectivity index (χ1) is 13.1. The maximum absolute atomic E-state index is 12.6. The van der Waals surface area contributed by atoms with E-state index in [1.165, 1.54) is 32.4 Å². The summed E-state index contributed by atoms with van der Waals surface area (Å²) in [6.07, 6.45) is 5.57. The number of benzene rings is 1. The highest BCUT2D eigenvalue weighted by Gasteiger charge is 2.42. The van der Waals surface area contributed by atoms with Crippen LogP contribution in [0, 0.1) is 5.92 Å². The molecular weight excluding hydrogens is 340 g/mol. The molecule has 1 amide bonds. The van der Waals surface area contributed by atoms with E-state index < -0.39 is 0 Å². The fourth-order valence-corrected chi connectivity index (χ4v) is 4.28. The molecule has 27 heavy (non-hydrogen) atoms. The molecule has 2 aliphatic rings. The fourth-order valence-electron chi connectivity index (χ4n) is 4.28. The van der Waals surface area contributed by atoms with E-state index in [4.69, 9.17) is 9.47 Å². The van der Waals surface area contributed by atoms with E-state index in [1.807, 2.05) is 29.2 Å². The molecule has 5 nitrogen and oxygen atoms in total. The van der Waals surface area contributed by atoms with Crippen LogP contribution in [0.2, 0.25) is 0 Å². The molecule has 2 unspecified atom stereocenters. The van der Waals surface area contributed by atoms with Crippen molar-refractivity contribution in [2.45, 2.75) is 58.1 Å². The van der Waals surface area contributed by atoms with Crippen LogP contribution in [0.4, 0.5) is 4.79 Å². The van der Waals surface area contributed by atoms with E-state index in [9.17, 15) is 4.79 Å². The first-order valence-electron chi connectivity index (χ1n) is 10.4. The van der Waals surface area contributed by atoms with E-state index in [2.05, 4.69) is 18.7 Å². The lowest BCUT2D eigenvalue weighted by atomic mass is 9.94. The lowest BCUT2D eigenvalue weighted by Crippen LogP contribution is -2.38. The van der Waals surface area contributed by atoms with Crippen LogP contribution in [0.3, 0.4) is 0 Å². The van der Waals surface area contributed by atoms with Gasteiger partial charge in [-0.1, -0.05) is 32.4 Å². The lowest BCUT2D eigenvalue weighted by molar-refractivity contribution is 0.128. The van der Waals surface area contributed by atoms with Gasteiger partial charge in [-0.3, -0.25) is 0 Å². The van der Waals surface area contributed by atoms with Crippen molar-refractivity contribution in [2.75, 3.05) is 33.3 Å². The molecule has 2 aliphatic heterocycles. The molecule has 0 spiro atoms. The molecule has 1 aromatic rings. The van der Waals surface area contributed by atoms with Crippen LogP contribution in [0.1, 0.15) is 57.6 Å². The number of carbonyl (C=O) groups is 1. The minimum absolute atomic E-state index is 0.104. The van der Waals surface area contributed by atoms with Gasteiger partial charge in [-0.25, -0.2) is 4.79 Å². The summed E-state index contributed by atoms with van der Waals surface area (Å²) in [5.41, 5.74) is 1.05. The molecule has 0 N–H and O–H groups in total. The van der Waals surface area contributed by atoms with Crippen LogP contribution < -0.4 is 4.74 Å². The smallest absolute Gasteiger partial charge is 0.410 e. The normalized spacial score (nSPS) is 23.7. The van der Waals surface area contributed by atoms with Crippen LogP contribution in [0.5, 0.6) is 5.75 Å². The number of hydrogen-bond donors (Lipinski definition) is 0. The zero-order valence-corrected chi connectivity index (χ0v) is 17.0. The Hall–Kier alpha value is -1.75. The topological polar surface area (TPSA) is 42.0 Å². The molecule has 150 valence electrons. The van der Waals surface area contributed by atoms with Gasteiger partial charge in [0.1, 0.15) is 11.9 Å². The first kappa shape index (κ1) is 20.0. The van der Waals surface area contributed by atoms with E-state index in [0.717, 1.165) is 37.2 Å². The van der Waals surface area contributed by atoms with Gasteiger partial charge in [0.15, 0.2) is 0 Å². The van der Waals surface area contributed by atoms with Crippen LogP contribution in [-0.2, 0) is 4.74 Å². The molecule has 2 heterocycles. The number of ether oxygens (including phenoxy) is 2. The van der Waals surface area contributed by atoms with Crippen molar-refractivity contribution in [3.8, 4) is 5.75 Å². The number of amides is 1. The summed E-state index contributed by atoms with van der Waals surface area (Å²) in [6, 6.07) is 8.01. The van der Waals surface area contributed by atoms with E-state index in [0.29, 0.717) is 5.92 Å². The SMILES string of the molecule is COc1ccc(C2OC(=O)N(CCCN3CCCCC3)C2CC(C)C)cc1. The molecule has 2 atom stereocenters. The van der Waals surface area contributed by atoms with Crippen molar-refractivity contribution < 1.29 is 14.3 Å². The summed E-state index contributed by atoms with van der Waals surface area (Å²) in [4.78, 5) is 17.1. The number of nitrogens with zero attached hydrogens (tertiary/aromatic N) is 2. The molecule has 3 rings (SSSR count). The molecule has 0 saturated carbocycles. The van der Waals surface area contributed by atoms with E-state index >= 15 is 0 Å². The Morgan fingerprint density at radius 3 is 2.44 bits per heavy atom. The van der Waals surface area contributed by atoms with Gasteiger partial charge >= 0.3 is 6.09 Å². The second-order valence-electron chi connectivity index (χ2n) is 8.22. The summed E-state index contributed by atoms with van der Waals surface area (Å²) in [7, 11) is 1.66. The number of cyclic esters (lactones) is 1. The molecule has 5 heteroatoms. The average Bonchev–Trinajstić information content (AvgIpc) is 2.98. The van der Waals surface area contributed by atoms with Gasteiger partial charge < -0.3 is 19.3 Å². The van der Waals surface area contributed by atoms with Gasteiger partial charge in [0.2, 0.25) is 0 Å². The minimum Gasteiger partial charge on any atom is -0.497 e.